The zero-order valence-electron chi connectivity index (χ0n) is 21.3. The van der Waals surface area contributed by atoms with Crippen LogP contribution in [0.15, 0.2) is 82.7 Å². The molecule has 0 aromatic heterocycles. The quantitative estimate of drug-likeness (QED) is 0.239. The van der Waals surface area contributed by atoms with Crippen molar-refractivity contribution in [2.75, 3.05) is 18.1 Å². The number of ether oxygens (including phenoxy) is 2. The van der Waals surface area contributed by atoms with Gasteiger partial charge in [0, 0.05) is 0 Å². The normalized spacial score (nSPS) is 15.4. The van der Waals surface area contributed by atoms with Gasteiger partial charge >= 0.3 is 5.97 Å². The van der Waals surface area contributed by atoms with Crippen LogP contribution in [-0.2, 0) is 27.2 Å². The highest BCUT2D eigenvalue weighted by Crippen LogP contribution is 2.37. The lowest BCUT2D eigenvalue weighted by Crippen LogP contribution is -2.28. The number of rotatable bonds is 9. The fraction of sp³-hybridized carbons (Fsp3) is 0.233. The van der Waals surface area contributed by atoms with E-state index < -0.39 is 5.97 Å². The number of carbonyl (C=O) groups excluding carboxylic acids is 2. The molecule has 6 nitrogen and oxygen atoms in total. The van der Waals surface area contributed by atoms with Gasteiger partial charge in [-0.25, -0.2) is 9.79 Å². The Hall–Kier alpha value is -3.84. The summed E-state index contributed by atoms with van der Waals surface area (Å²) in [5, 5.41) is 0.610. The van der Waals surface area contributed by atoms with Crippen molar-refractivity contribution in [3.05, 3.63) is 94.4 Å². The summed E-state index contributed by atoms with van der Waals surface area (Å²) in [6.07, 6.45) is 3.73. The van der Waals surface area contributed by atoms with Gasteiger partial charge in [-0.2, -0.15) is 0 Å². The number of thioether (sulfide) groups is 1. The van der Waals surface area contributed by atoms with Crippen LogP contribution in [0, 0.1) is 0 Å². The Morgan fingerprint density at radius 1 is 0.892 bits per heavy atom. The average Bonchev–Trinajstić information content (AvgIpc) is 3.22. The van der Waals surface area contributed by atoms with Gasteiger partial charge in [0.05, 0.1) is 22.9 Å². The number of carbonyl (C=O) groups is 2. The summed E-state index contributed by atoms with van der Waals surface area (Å²) < 4.78 is 10.3. The fourth-order valence-electron chi connectivity index (χ4n) is 3.73. The Morgan fingerprint density at radius 2 is 1.51 bits per heavy atom. The van der Waals surface area contributed by atoms with Crippen molar-refractivity contribution >= 4 is 46.3 Å². The van der Waals surface area contributed by atoms with Gasteiger partial charge < -0.3 is 9.47 Å². The Morgan fingerprint density at radius 3 is 2.11 bits per heavy atom. The van der Waals surface area contributed by atoms with Crippen molar-refractivity contribution in [1.82, 2.24) is 0 Å². The van der Waals surface area contributed by atoms with E-state index in [1.54, 1.807) is 24.0 Å². The molecule has 0 N–H and O–H groups in total. The fourth-order valence-corrected chi connectivity index (χ4v) is 4.73. The van der Waals surface area contributed by atoms with E-state index in [1.165, 1.54) is 22.9 Å². The molecule has 0 spiro atoms. The SMILES string of the molecule is CCOC(=O)COc1ccc(/C=C2\SC(=Nc3ccc(CC)cc3)N(c3ccc(CC)cc3)C2=O)cc1. The van der Waals surface area contributed by atoms with E-state index in [-0.39, 0.29) is 12.5 Å². The number of hydrogen-bond acceptors (Lipinski definition) is 6. The van der Waals surface area contributed by atoms with Crippen molar-refractivity contribution < 1.29 is 19.1 Å². The highest BCUT2D eigenvalue weighted by molar-refractivity contribution is 8.19. The van der Waals surface area contributed by atoms with E-state index in [2.05, 4.69) is 26.0 Å². The van der Waals surface area contributed by atoms with Gasteiger partial charge in [0.1, 0.15) is 5.75 Å². The van der Waals surface area contributed by atoms with Gasteiger partial charge in [-0.1, -0.05) is 50.2 Å². The maximum atomic E-state index is 13.6. The van der Waals surface area contributed by atoms with Gasteiger partial charge in [-0.05, 0) is 90.7 Å². The number of aryl methyl sites for hydroxylation is 2. The third kappa shape index (κ3) is 6.68. The molecule has 1 aliphatic rings. The van der Waals surface area contributed by atoms with Gasteiger partial charge in [-0.3, -0.25) is 9.69 Å². The van der Waals surface area contributed by atoms with Gasteiger partial charge in [0.2, 0.25) is 0 Å². The van der Waals surface area contributed by atoms with Crippen LogP contribution < -0.4 is 9.64 Å². The first-order chi connectivity index (χ1) is 18.0. The van der Waals surface area contributed by atoms with Crippen LogP contribution in [0.25, 0.3) is 6.08 Å². The molecular weight excluding hydrogens is 484 g/mol. The molecule has 1 fully saturated rings. The Kier molecular flexibility index (Phi) is 8.80. The number of aliphatic imine (C=N–C) groups is 1. The van der Waals surface area contributed by atoms with E-state index in [4.69, 9.17) is 14.5 Å². The van der Waals surface area contributed by atoms with Crippen LogP contribution in [-0.4, -0.2) is 30.3 Å². The predicted molar refractivity (Wildman–Crippen MR) is 150 cm³/mol. The van der Waals surface area contributed by atoms with Crippen molar-refractivity contribution in [1.29, 1.82) is 0 Å². The van der Waals surface area contributed by atoms with Gasteiger partial charge in [0.15, 0.2) is 11.8 Å². The second-order valence-corrected chi connectivity index (χ2v) is 9.36. The van der Waals surface area contributed by atoms with Crippen molar-refractivity contribution in [2.45, 2.75) is 33.6 Å². The molecule has 1 aliphatic heterocycles. The van der Waals surface area contributed by atoms with Gasteiger partial charge in [0.25, 0.3) is 5.91 Å². The summed E-state index contributed by atoms with van der Waals surface area (Å²) in [7, 11) is 0. The van der Waals surface area contributed by atoms with Gasteiger partial charge in [-0.15, -0.1) is 0 Å². The Balaban J connectivity index is 1.60. The van der Waals surface area contributed by atoms with E-state index in [1.807, 2.05) is 54.6 Å². The topological polar surface area (TPSA) is 68.2 Å². The zero-order valence-corrected chi connectivity index (χ0v) is 22.1. The van der Waals surface area contributed by atoms with E-state index in [0.29, 0.717) is 22.4 Å². The maximum absolute atomic E-state index is 13.6. The molecule has 0 unspecified atom stereocenters. The maximum Gasteiger partial charge on any atom is 0.344 e. The monoisotopic (exact) mass is 514 g/mol. The van der Waals surface area contributed by atoms with Crippen molar-refractivity contribution in [3.63, 3.8) is 0 Å². The summed E-state index contributed by atoms with van der Waals surface area (Å²) >= 11 is 1.35. The lowest BCUT2D eigenvalue weighted by molar-refractivity contribution is -0.145. The molecule has 190 valence electrons. The minimum Gasteiger partial charge on any atom is -0.482 e. The molecule has 0 saturated carbocycles. The third-order valence-corrected chi connectivity index (χ3v) is 6.79. The standard InChI is InChI=1S/C30H30N2O4S/c1-4-21-7-13-24(14-8-21)31-30-32(25-15-9-22(5-2)10-16-25)29(34)27(37-30)19-23-11-17-26(18-12-23)36-20-28(33)35-6-3/h7-19H,4-6,20H2,1-3H3/b27-19-,31-30?. The summed E-state index contributed by atoms with van der Waals surface area (Å²) in [6.45, 7) is 6.14. The molecule has 3 aromatic rings. The third-order valence-electron chi connectivity index (χ3n) is 5.82. The molecule has 37 heavy (non-hydrogen) atoms. The van der Waals surface area contributed by atoms with Crippen molar-refractivity contribution in [2.24, 2.45) is 4.99 Å². The van der Waals surface area contributed by atoms with Crippen LogP contribution in [0.5, 0.6) is 5.75 Å². The molecule has 0 aliphatic carbocycles. The summed E-state index contributed by atoms with van der Waals surface area (Å²) in [6, 6.07) is 23.3. The highest BCUT2D eigenvalue weighted by atomic mass is 32.2. The number of benzene rings is 3. The minimum absolute atomic E-state index is 0.124. The molecule has 1 heterocycles. The van der Waals surface area contributed by atoms with Crippen LogP contribution in [0.3, 0.4) is 0 Å². The zero-order chi connectivity index (χ0) is 26.2. The largest absolute Gasteiger partial charge is 0.482 e. The van der Waals surface area contributed by atoms with Crippen LogP contribution in [0.2, 0.25) is 0 Å². The summed E-state index contributed by atoms with van der Waals surface area (Å²) in [5.74, 6) is 0.0155. The highest BCUT2D eigenvalue weighted by Gasteiger charge is 2.34. The molecule has 0 radical (unpaired) electrons. The molecule has 3 aromatic carbocycles. The number of amides is 1. The second kappa shape index (κ2) is 12.4. The van der Waals surface area contributed by atoms with Crippen LogP contribution >= 0.6 is 11.8 Å². The summed E-state index contributed by atoms with van der Waals surface area (Å²) in [5.41, 5.74) is 4.87. The predicted octanol–water partition coefficient (Wildman–Crippen LogP) is 6.56. The molecule has 4 rings (SSSR count). The molecular formula is C30H30N2O4S. The van der Waals surface area contributed by atoms with E-state index >= 15 is 0 Å². The Bertz CT molecular complexity index is 1300. The van der Waals surface area contributed by atoms with Crippen LogP contribution in [0.4, 0.5) is 11.4 Å². The molecule has 7 heteroatoms. The average molecular weight is 515 g/mol. The first-order valence-electron chi connectivity index (χ1n) is 12.4. The van der Waals surface area contributed by atoms with E-state index in [0.717, 1.165) is 29.8 Å². The Labute approximate surface area is 222 Å². The second-order valence-electron chi connectivity index (χ2n) is 8.35. The van der Waals surface area contributed by atoms with Crippen LogP contribution in [0.1, 0.15) is 37.5 Å². The first kappa shape index (κ1) is 26.2. The van der Waals surface area contributed by atoms with Crippen molar-refractivity contribution in [3.8, 4) is 5.75 Å². The number of hydrogen-bond donors (Lipinski definition) is 0. The first-order valence-corrected chi connectivity index (χ1v) is 13.2. The van der Waals surface area contributed by atoms with E-state index in [9.17, 15) is 9.59 Å². The smallest absolute Gasteiger partial charge is 0.344 e. The lowest BCUT2D eigenvalue weighted by Gasteiger charge is -2.16. The summed E-state index contributed by atoms with van der Waals surface area (Å²) in [4.78, 5) is 32.1. The molecule has 0 bridgehead atoms. The number of amidine groups is 1. The molecule has 0 atom stereocenters. The molecule has 1 saturated heterocycles. The minimum atomic E-state index is -0.412. The lowest BCUT2D eigenvalue weighted by atomic mass is 10.1. The number of esters is 1. The number of anilines is 1. The number of nitrogens with zero attached hydrogens (tertiary/aromatic N) is 2. The molecule has 1 amide bonds.